The largest absolute Gasteiger partial charge is 0.476 e. The van der Waals surface area contributed by atoms with Crippen LogP contribution in [0.4, 0.5) is 16.2 Å². The number of amides is 3. The lowest BCUT2D eigenvalue weighted by Crippen LogP contribution is -2.35. The van der Waals surface area contributed by atoms with Crippen molar-refractivity contribution in [2.45, 2.75) is 32.3 Å². The van der Waals surface area contributed by atoms with Gasteiger partial charge in [0.05, 0.1) is 6.61 Å². The highest BCUT2D eigenvalue weighted by molar-refractivity contribution is 6.04. The third kappa shape index (κ3) is 6.76. The van der Waals surface area contributed by atoms with Crippen LogP contribution >= 0.6 is 0 Å². The summed E-state index contributed by atoms with van der Waals surface area (Å²) < 4.78 is 10.9. The molecule has 0 aliphatic carbocycles. The Morgan fingerprint density at radius 3 is 2.47 bits per heavy atom. The van der Waals surface area contributed by atoms with E-state index in [4.69, 9.17) is 14.9 Å². The number of ether oxygens (including phenoxy) is 2. The topological polar surface area (TPSA) is 121 Å². The van der Waals surface area contributed by atoms with Gasteiger partial charge in [-0.3, -0.25) is 20.3 Å². The van der Waals surface area contributed by atoms with E-state index in [2.05, 4.69) is 10.6 Å². The fourth-order valence-corrected chi connectivity index (χ4v) is 4.11. The second-order valence-corrected chi connectivity index (χ2v) is 8.70. The molecule has 3 aromatic rings. The maximum atomic E-state index is 13.4. The van der Waals surface area contributed by atoms with E-state index in [1.54, 1.807) is 60.4 Å². The van der Waals surface area contributed by atoms with Gasteiger partial charge in [-0.2, -0.15) is 0 Å². The molecule has 1 saturated heterocycles. The molecular formula is C29H30N4O5. The number of anilines is 2. The van der Waals surface area contributed by atoms with Crippen LogP contribution in [0.3, 0.4) is 0 Å². The highest BCUT2D eigenvalue weighted by Crippen LogP contribution is 2.26. The van der Waals surface area contributed by atoms with Gasteiger partial charge in [-0.15, -0.1) is 0 Å². The number of hydrogen-bond acceptors (Lipinski definition) is 6. The molecule has 1 heterocycles. The molecule has 3 N–H and O–H groups in total. The fourth-order valence-electron chi connectivity index (χ4n) is 4.11. The first-order valence-corrected chi connectivity index (χ1v) is 12.5. The molecule has 1 aliphatic rings. The highest BCUT2D eigenvalue weighted by Gasteiger charge is 2.24. The Hall–Kier alpha value is -4.66. The fraction of sp³-hybridized carbons (Fsp3) is 0.241. The molecule has 1 unspecified atom stereocenters. The van der Waals surface area contributed by atoms with Crippen molar-refractivity contribution in [2.24, 2.45) is 0 Å². The molecular weight excluding hydrogens is 484 g/mol. The van der Waals surface area contributed by atoms with Gasteiger partial charge in [0.25, 0.3) is 5.91 Å². The van der Waals surface area contributed by atoms with E-state index in [9.17, 15) is 14.4 Å². The Kier molecular flexibility index (Phi) is 8.71. The Morgan fingerprint density at radius 1 is 1.00 bits per heavy atom. The average Bonchev–Trinajstić information content (AvgIpc) is 2.93. The number of amidine groups is 1. The summed E-state index contributed by atoms with van der Waals surface area (Å²) in [4.78, 5) is 39.1. The Morgan fingerprint density at radius 2 is 1.76 bits per heavy atom. The predicted molar refractivity (Wildman–Crippen MR) is 145 cm³/mol. The zero-order valence-electron chi connectivity index (χ0n) is 21.1. The van der Waals surface area contributed by atoms with E-state index in [-0.39, 0.29) is 24.3 Å². The number of nitrogens with zero attached hydrogens (tertiary/aromatic N) is 1. The summed E-state index contributed by atoms with van der Waals surface area (Å²) >= 11 is 0. The first-order chi connectivity index (χ1) is 18.4. The Labute approximate surface area is 221 Å². The molecule has 0 spiro atoms. The number of piperidine rings is 1. The van der Waals surface area contributed by atoms with Crippen LogP contribution in [0.1, 0.15) is 43.4 Å². The van der Waals surface area contributed by atoms with Crippen molar-refractivity contribution in [2.75, 3.05) is 23.4 Å². The Bertz CT molecular complexity index is 1290. The molecule has 3 amide bonds. The number of benzene rings is 3. The molecule has 38 heavy (non-hydrogen) atoms. The summed E-state index contributed by atoms with van der Waals surface area (Å²) in [7, 11) is 0. The van der Waals surface area contributed by atoms with Crippen LogP contribution in [0.2, 0.25) is 0 Å². The van der Waals surface area contributed by atoms with Crippen molar-refractivity contribution < 1.29 is 23.9 Å². The van der Waals surface area contributed by atoms with Crippen molar-refractivity contribution in [3.8, 4) is 5.75 Å². The van der Waals surface area contributed by atoms with Crippen molar-refractivity contribution in [1.82, 2.24) is 5.32 Å². The molecule has 0 aromatic heterocycles. The lowest BCUT2D eigenvalue weighted by molar-refractivity contribution is -0.123. The summed E-state index contributed by atoms with van der Waals surface area (Å²) in [6.07, 6.45) is 0.729. The van der Waals surface area contributed by atoms with Gasteiger partial charge in [0.1, 0.15) is 11.6 Å². The summed E-state index contributed by atoms with van der Waals surface area (Å²) in [6, 6.07) is 22.8. The zero-order chi connectivity index (χ0) is 26.9. The number of rotatable bonds is 8. The standard InChI is InChI=1S/C29H30N4O5/c1-2-37-29(36)32-27(30)21-11-8-12-24(19-21)38-26(20-9-4-3-5-10-20)28(35)31-22-14-16-23(17-15-22)33-18-7-6-13-25(33)34/h3-5,8-12,14-17,19,26H,2,6-7,13,18H2,1H3,(H,31,35)(H2,30,32,36). The maximum absolute atomic E-state index is 13.4. The minimum atomic E-state index is -0.984. The van der Waals surface area contributed by atoms with Gasteiger partial charge in [0, 0.05) is 35.5 Å². The first-order valence-electron chi connectivity index (χ1n) is 12.5. The Balaban J connectivity index is 1.50. The predicted octanol–water partition coefficient (Wildman–Crippen LogP) is 5.03. The number of hydrogen-bond donors (Lipinski definition) is 3. The van der Waals surface area contributed by atoms with E-state index in [1.165, 1.54) is 0 Å². The molecule has 9 nitrogen and oxygen atoms in total. The molecule has 4 rings (SSSR count). The monoisotopic (exact) mass is 514 g/mol. The smallest absolute Gasteiger partial charge is 0.412 e. The van der Waals surface area contributed by atoms with Gasteiger partial charge < -0.3 is 19.7 Å². The minimum Gasteiger partial charge on any atom is -0.476 e. The molecule has 196 valence electrons. The SMILES string of the molecule is CCOC(=O)NC(=N)c1cccc(OC(C(=O)Nc2ccc(N3CCCCC3=O)cc2)c2ccccc2)c1. The van der Waals surface area contributed by atoms with Gasteiger partial charge >= 0.3 is 6.09 Å². The van der Waals surface area contributed by atoms with Crippen LogP contribution in [-0.4, -0.2) is 36.9 Å². The van der Waals surface area contributed by atoms with Gasteiger partial charge in [0.15, 0.2) is 0 Å². The van der Waals surface area contributed by atoms with Crippen molar-refractivity contribution >= 4 is 35.1 Å². The molecule has 1 fully saturated rings. The third-order valence-electron chi connectivity index (χ3n) is 5.99. The van der Waals surface area contributed by atoms with Crippen molar-refractivity contribution in [3.05, 3.63) is 90.0 Å². The van der Waals surface area contributed by atoms with Crippen LogP contribution in [0, 0.1) is 5.41 Å². The number of nitrogens with one attached hydrogen (secondary N) is 3. The normalized spacial score (nSPS) is 13.8. The molecule has 0 saturated carbocycles. The summed E-state index contributed by atoms with van der Waals surface area (Å²) in [5, 5.41) is 13.4. The van der Waals surface area contributed by atoms with E-state index in [1.807, 2.05) is 30.3 Å². The van der Waals surface area contributed by atoms with Gasteiger partial charge in [0.2, 0.25) is 12.0 Å². The molecule has 9 heteroatoms. The third-order valence-corrected chi connectivity index (χ3v) is 5.99. The summed E-state index contributed by atoms with van der Waals surface area (Å²) in [5.41, 5.74) is 2.41. The highest BCUT2D eigenvalue weighted by atomic mass is 16.5. The molecule has 0 bridgehead atoms. The minimum absolute atomic E-state index is 0.110. The molecule has 0 radical (unpaired) electrons. The maximum Gasteiger partial charge on any atom is 0.412 e. The van der Waals surface area contributed by atoms with Crippen LogP contribution in [0.5, 0.6) is 5.75 Å². The van der Waals surface area contributed by atoms with Gasteiger partial charge in [-0.05, 0) is 56.2 Å². The quantitative estimate of drug-likeness (QED) is 0.287. The second kappa shape index (κ2) is 12.5. The first kappa shape index (κ1) is 26.4. The number of carbonyl (C=O) groups excluding carboxylic acids is 3. The van der Waals surface area contributed by atoms with Crippen LogP contribution < -0.4 is 20.3 Å². The lowest BCUT2D eigenvalue weighted by Gasteiger charge is -2.27. The molecule has 1 atom stereocenters. The van der Waals surface area contributed by atoms with Crippen LogP contribution in [-0.2, 0) is 14.3 Å². The van der Waals surface area contributed by atoms with Crippen molar-refractivity contribution in [1.29, 1.82) is 5.41 Å². The number of alkyl carbamates (subject to hydrolysis) is 1. The summed E-state index contributed by atoms with van der Waals surface area (Å²) in [6.45, 7) is 2.56. The summed E-state index contributed by atoms with van der Waals surface area (Å²) in [5.74, 6) is -0.0794. The second-order valence-electron chi connectivity index (χ2n) is 8.70. The van der Waals surface area contributed by atoms with E-state index in [0.717, 1.165) is 18.5 Å². The number of carbonyl (C=O) groups is 3. The molecule has 1 aliphatic heterocycles. The lowest BCUT2D eigenvalue weighted by atomic mass is 10.1. The van der Waals surface area contributed by atoms with E-state index in [0.29, 0.717) is 35.5 Å². The zero-order valence-corrected chi connectivity index (χ0v) is 21.1. The van der Waals surface area contributed by atoms with Gasteiger partial charge in [-0.25, -0.2) is 4.79 Å². The van der Waals surface area contributed by atoms with Crippen molar-refractivity contribution in [3.63, 3.8) is 0 Å². The van der Waals surface area contributed by atoms with Crippen LogP contribution in [0.15, 0.2) is 78.9 Å². The molecule has 3 aromatic carbocycles. The van der Waals surface area contributed by atoms with Crippen LogP contribution in [0.25, 0.3) is 0 Å². The van der Waals surface area contributed by atoms with Gasteiger partial charge in [-0.1, -0.05) is 42.5 Å². The van der Waals surface area contributed by atoms with E-state index < -0.39 is 12.2 Å². The average molecular weight is 515 g/mol. The van der Waals surface area contributed by atoms with E-state index >= 15 is 0 Å².